The summed E-state index contributed by atoms with van der Waals surface area (Å²) < 4.78 is 36.1. The Hall–Kier alpha value is -0.860. The molecule has 0 aliphatic heterocycles. The van der Waals surface area contributed by atoms with E-state index >= 15 is 0 Å². The van der Waals surface area contributed by atoms with Crippen LogP contribution in [0.25, 0.3) is 0 Å². The Labute approximate surface area is 91.6 Å². The molecule has 8 heteroatoms. The van der Waals surface area contributed by atoms with E-state index in [0.29, 0.717) is 10.1 Å². The summed E-state index contributed by atoms with van der Waals surface area (Å²) in [7, 11) is 0. The van der Waals surface area contributed by atoms with Crippen molar-refractivity contribution in [1.82, 2.24) is 4.98 Å². The van der Waals surface area contributed by atoms with Gasteiger partial charge in [-0.2, -0.15) is 18.7 Å². The highest BCUT2D eigenvalue weighted by Gasteiger charge is 2.27. The SMILES string of the molecule is O[NH2+]c1cnc(Br)cc1NCC(F)(F)F. The molecule has 0 amide bonds. The maximum absolute atomic E-state index is 11.9. The number of quaternary nitrogens is 1. The second-order valence-corrected chi connectivity index (χ2v) is 3.50. The number of halogens is 4. The van der Waals surface area contributed by atoms with Gasteiger partial charge in [0, 0.05) is 6.07 Å². The van der Waals surface area contributed by atoms with Gasteiger partial charge in [0.15, 0.2) is 0 Å². The Morgan fingerprint density at radius 1 is 1.53 bits per heavy atom. The van der Waals surface area contributed by atoms with Crippen molar-refractivity contribution >= 4 is 27.3 Å². The second kappa shape index (κ2) is 4.77. The molecule has 0 radical (unpaired) electrons. The van der Waals surface area contributed by atoms with Crippen LogP contribution < -0.4 is 10.8 Å². The van der Waals surface area contributed by atoms with E-state index in [0.717, 1.165) is 0 Å². The largest absolute Gasteiger partial charge is 0.405 e. The number of nitrogens with one attached hydrogen (secondary N) is 1. The first-order valence-corrected chi connectivity index (χ1v) is 4.65. The van der Waals surface area contributed by atoms with Crippen molar-refractivity contribution in [3.8, 4) is 0 Å². The van der Waals surface area contributed by atoms with Crippen LogP contribution in [0.1, 0.15) is 0 Å². The van der Waals surface area contributed by atoms with Crippen LogP contribution in [-0.4, -0.2) is 22.9 Å². The number of anilines is 1. The number of rotatable bonds is 3. The van der Waals surface area contributed by atoms with Crippen LogP contribution in [0, 0.1) is 0 Å². The summed E-state index contributed by atoms with van der Waals surface area (Å²) in [6.45, 7) is -1.16. The van der Waals surface area contributed by atoms with Gasteiger partial charge in [-0.25, -0.2) is 10.2 Å². The van der Waals surface area contributed by atoms with E-state index < -0.39 is 12.7 Å². The molecule has 0 spiro atoms. The Morgan fingerprint density at radius 2 is 2.20 bits per heavy atom. The molecule has 1 aromatic rings. The first-order chi connectivity index (χ1) is 6.92. The van der Waals surface area contributed by atoms with Gasteiger partial charge in [0.25, 0.3) is 0 Å². The van der Waals surface area contributed by atoms with Crippen LogP contribution in [0.4, 0.5) is 24.5 Å². The van der Waals surface area contributed by atoms with Crippen molar-refractivity contribution in [1.29, 1.82) is 0 Å². The molecule has 1 aromatic heterocycles. The van der Waals surface area contributed by atoms with Gasteiger partial charge in [-0.05, 0) is 15.9 Å². The van der Waals surface area contributed by atoms with Gasteiger partial charge in [0.2, 0.25) is 5.69 Å². The van der Waals surface area contributed by atoms with Crippen molar-refractivity contribution in [2.45, 2.75) is 6.18 Å². The molecule has 4 nitrogen and oxygen atoms in total. The van der Waals surface area contributed by atoms with E-state index in [-0.39, 0.29) is 11.4 Å². The topological polar surface area (TPSA) is 61.8 Å². The number of nitrogens with zero attached hydrogens (tertiary/aromatic N) is 1. The molecule has 0 aromatic carbocycles. The molecule has 0 saturated carbocycles. The van der Waals surface area contributed by atoms with Crippen molar-refractivity contribution < 1.29 is 23.9 Å². The number of alkyl halides is 3. The lowest BCUT2D eigenvalue weighted by atomic mass is 10.3. The van der Waals surface area contributed by atoms with E-state index in [9.17, 15) is 13.2 Å². The molecule has 0 atom stereocenters. The average molecular weight is 287 g/mol. The van der Waals surface area contributed by atoms with Gasteiger partial charge >= 0.3 is 6.18 Å². The predicted molar refractivity (Wildman–Crippen MR) is 49.9 cm³/mol. The molecule has 0 saturated heterocycles. The third kappa shape index (κ3) is 4.02. The molecule has 84 valence electrons. The van der Waals surface area contributed by atoms with Crippen molar-refractivity contribution in [2.75, 3.05) is 11.9 Å². The van der Waals surface area contributed by atoms with Crippen LogP contribution in [0.3, 0.4) is 0 Å². The zero-order valence-electron chi connectivity index (χ0n) is 7.35. The maximum atomic E-state index is 11.9. The van der Waals surface area contributed by atoms with E-state index in [1.54, 1.807) is 0 Å². The van der Waals surface area contributed by atoms with Crippen LogP contribution in [0.2, 0.25) is 0 Å². The Bertz CT molecular complexity index is 345. The van der Waals surface area contributed by atoms with Gasteiger partial charge < -0.3 is 5.32 Å². The minimum absolute atomic E-state index is 0.164. The highest BCUT2D eigenvalue weighted by Crippen LogP contribution is 2.22. The predicted octanol–water partition coefficient (Wildman–Crippen LogP) is 1.40. The highest BCUT2D eigenvalue weighted by atomic mass is 79.9. The summed E-state index contributed by atoms with van der Waals surface area (Å²) in [5.41, 5.74) is 1.05. The van der Waals surface area contributed by atoms with Gasteiger partial charge in [-0.15, -0.1) is 0 Å². The molecule has 4 N–H and O–H groups in total. The van der Waals surface area contributed by atoms with Crippen molar-refractivity contribution in [3.63, 3.8) is 0 Å². The van der Waals surface area contributed by atoms with E-state index in [2.05, 4.69) is 26.2 Å². The van der Waals surface area contributed by atoms with E-state index in [1.165, 1.54) is 12.3 Å². The first kappa shape index (κ1) is 12.2. The molecule has 0 unspecified atom stereocenters. The molecule has 0 aliphatic rings. The quantitative estimate of drug-likeness (QED) is 0.582. The molecule has 1 rings (SSSR count). The van der Waals surface area contributed by atoms with E-state index in [4.69, 9.17) is 5.21 Å². The molecule has 0 bridgehead atoms. The summed E-state index contributed by atoms with van der Waals surface area (Å²) in [5, 5.41) is 10.9. The number of hydrogen-bond donors (Lipinski definition) is 3. The third-order valence-corrected chi connectivity index (χ3v) is 1.95. The van der Waals surface area contributed by atoms with Crippen LogP contribution in [0.15, 0.2) is 16.9 Å². The standard InChI is InChI=1S/C7H7BrF3N3O/c8-6-1-4(5(14-15)2-12-6)13-3-7(9,10)11/h1-2,14-15H,3H2,(H,12,13)/p+1. The van der Waals surface area contributed by atoms with E-state index in [1.807, 2.05) is 0 Å². The minimum Gasteiger partial charge on any atom is -0.371 e. The lowest BCUT2D eigenvalue weighted by molar-refractivity contribution is -0.825. The molecule has 15 heavy (non-hydrogen) atoms. The lowest BCUT2D eigenvalue weighted by Crippen LogP contribution is -2.74. The number of pyridine rings is 1. The monoisotopic (exact) mass is 286 g/mol. The molecule has 0 fully saturated rings. The lowest BCUT2D eigenvalue weighted by Gasteiger charge is -2.10. The normalized spacial score (nSPS) is 11.5. The van der Waals surface area contributed by atoms with Crippen LogP contribution in [0.5, 0.6) is 0 Å². The molecule has 1 heterocycles. The fourth-order valence-corrected chi connectivity index (χ4v) is 1.22. The van der Waals surface area contributed by atoms with Crippen molar-refractivity contribution in [3.05, 3.63) is 16.9 Å². The summed E-state index contributed by atoms with van der Waals surface area (Å²) in [6, 6.07) is 1.35. The fourth-order valence-electron chi connectivity index (χ4n) is 0.892. The molecular formula is C7H8BrF3N3O+. The Kier molecular flexibility index (Phi) is 3.89. The number of aromatic nitrogens is 1. The summed E-state index contributed by atoms with van der Waals surface area (Å²) in [5.74, 6) is 0. The van der Waals surface area contributed by atoms with Gasteiger partial charge in [0.1, 0.15) is 16.8 Å². The zero-order valence-corrected chi connectivity index (χ0v) is 8.93. The van der Waals surface area contributed by atoms with Crippen LogP contribution in [-0.2, 0) is 0 Å². The second-order valence-electron chi connectivity index (χ2n) is 2.69. The Morgan fingerprint density at radius 3 is 2.73 bits per heavy atom. The van der Waals surface area contributed by atoms with Crippen molar-refractivity contribution in [2.24, 2.45) is 0 Å². The van der Waals surface area contributed by atoms with Gasteiger partial charge in [-0.1, -0.05) is 0 Å². The van der Waals surface area contributed by atoms with Crippen LogP contribution >= 0.6 is 15.9 Å². The molecule has 0 aliphatic carbocycles. The smallest absolute Gasteiger partial charge is 0.371 e. The highest BCUT2D eigenvalue weighted by molar-refractivity contribution is 9.10. The fraction of sp³-hybridized carbons (Fsp3) is 0.286. The minimum atomic E-state index is -4.30. The summed E-state index contributed by atoms with van der Waals surface area (Å²) >= 11 is 3.02. The van der Waals surface area contributed by atoms with Gasteiger partial charge in [0.05, 0.1) is 6.20 Å². The third-order valence-electron chi connectivity index (χ3n) is 1.52. The maximum Gasteiger partial charge on any atom is 0.405 e. The Balaban J connectivity index is 2.79. The average Bonchev–Trinajstić information content (AvgIpc) is 2.14. The number of hydrogen-bond acceptors (Lipinski definition) is 3. The molecular weight excluding hydrogens is 279 g/mol. The first-order valence-electron chi connectivity index (χ1n) is 3.86. The number of nitrogens with two attached hydrogens (primary N) is 1. The summed E-state index contributed by atoms with van der Waals surface area (Å²) in [6.07, 6.45) is -3.05. The zero-order chi connectivity index (χ0) is 11.5. The van der Waals surface area contributed by atoms with Gasteiger partial charge in [-0.3, -0.25) is 0 Å². The summed E-state index contributed by atoms with van der Waals surface area (Å²) in [4.78, 5) is 3.76.